The van der Waals surface area contributed by atoms with Gasteiger partial charge in [0.2, 0.25) is 0 Å². The van der Waals surface area contributed by atoms with Gasteiger partial charge in [-0.05, 0) is 40.8 Å². The van der Waals surface area contributed by atoms with E-state index in [1.54, 1.807) is 11.8 Å². The normalized spacial score (nSPS) is 20.2. The fraction of sp³-hybridized carbons (Fsp3) is 0.846. The van der Waals surface area contributed by atoms with Gasteiger partial charge in [0.25, 0.3) is 0 Å². The number of urea groups is 1. The minimum absolute atomic E-state index is 0.0790. The summed E-state index contributed by atoms with van der Waals surface area (Å²) in [5.41, 5.74) is -0.688. The van der Waals surface area contributed by atoms with Crippen LogP contribution in [0.1, 0.15) is 26.7 Å². The average molecular weight is 271 g/mol. The molecule has 1 saturated heterocycles. The summed E-state index contributed by atoms with van der Waals surface area (Å²) < 4.78 is 0. The van der Waals surface area contributed by atoms with E-state index in [4.69, 9.17) is 5.11 Å². The van der Waals surface area contributed by atoms with Crippen molar-refractivity contribution in [3.05, 3.63) is 0 Å². The first-order valence-electron chi connectivity index (χ1n) is 6.68. The Labute approximate surface area is 114 Å². The van der Waals surface area contributed by atoms with E-state index in [2.05, 4.69) is 5.32 Å². The highest BCUT2D eigenvalue weighted by atomic mass is 16.4. The van der Waals surface area contributed by atoms with Crippen molar-refractivity contribution < 1.29 is 14.7 Å². The maximum atomic E-state index is 12.0. The lowest BCUT2D eigenvalue weighted by molar-refractivity contribution is -0.150. The molecule has 110 valence electrons. The first-order chi connectivity index (χ1) is 8.74. The molecule has 0 aromatic heterocycles. The molecule has 2 N–H and O–H groups in total. The first-order valence-corrected chi connectivity index (χ1v) is 6.68. The van der Waals surface area contributed by atoms with Crippen LogP contribution >= 0.6 is 0 Å². The smallest absolute Gasteiger partial charge is 0.317 e. The molecule has 2 amide bonds. The molecule has 1 fully saturated rings. The zero-order valence-corrected chi connectivity index (χ0v) is 12.3. The van der Waals surface area contributed by atoms with Gasteiger partial charge >= 0.3 is 12.0 Å². The van der Waals surface area contributed by atoms with Crippen LogP contribution in [0.15, 0.2) is 0 Å². The number of likely N-dealkylation sites (tertiary alicyclic amines) is 1. The number of hydrogen-bond donors (Lipinski definition) is 2. The number of hydrogen-bond acceptors (Lipinski definition) is 3. The lowest BCUT2D eigenvalue weighted by Crippen LogP contribution is -2.51. The van der Waals surface area contributed by atoms with E-state index < -0.39 is 11.4 Å². The summed E-state index contributed by atoms with van der Waals surface area (Å²) in [6, 6.07) is -0.0166. The summed E-state index contributed by atoms with van der Waals surface area (Å²) in [6.45, 7) is 5.50. The minimum atomic E-state index is -0.770. The number of carboxylic acid groups (broad SMARTS) is 1. The van der Waals surface area contributed by atoms with Crippen molar-refractivity contribution in [3.8, 4) is 0 Å². The van der Waals surface area contributed by atoms with Gasteiger partial charge in [-0.1, -0.05) is 0 Å². The van der Waals surface area contributed by atoms with Crippen LogP contribution in [-0.2, 0) is 4.79 Å². The number of carboxylic acids is 1. The van der Waals surface area contributed by atoms with E-state index in [1.807, 2.05) is 25.9 Å². The van der Waals surface area contributed by atoms with Gasteiger partial charge < -0.3 is 20.2 Å². The monoisotopic (exact) mass is 271 g/mol. The van der Waals surface area contributed by atoms with Crippen molar-refractivity contribution in [3.63, 3.8) is 0 Å². The molecule has 0 bridgehead atoms. The maximum absolute atomic E-state index is 12.0. The van der Waals surface area contributed by atoms with Gasteiger partial charge in [-0.2, -0.15) is 0 Å². The second kappa shape index (κ2) is 6.23. The standard InChI is InChI=1S/C13H25N3O3/c1-10(9-15(3)4)14-12(19)16-7-5-13(2,6-8-16)11(17)18/h10H,5-9H2,1-4H3,(H,14,19)(H,17,18). The zero-order valence-electron chi connectivity index (χ0n) is 12.3. The van der Waals surface area contributed by atoms with Crippen molar-refractivity contribution in [1.29, 1.82) is 0 Å². The molecule has 1 heterocycles. The van der Waals surface area contributed by atoms with E-state index in [1.165, 1.54) is 0 Å². The van der Waals surface area contributed by atoms with Gasteiger partial charge in [0.05, 0.1) is 5.41 Å². The fourth-order valence-corrected chi connectivity index (χ4v) is 2.31. The van der Waals surface area contributed by atoms with Crippen LogP contribution in [0, 0.1) is 5.41 Å². The van der Waals surface area contributed by atoms with Gasteiger partial charge in [-0.25, -0.2) is 4.79 Å². The molecule has 1 aliphatic heterocycles. The Kier molecular flexibility index (Phi) is 5.17. The molecule has 19 heavy (non-hydrogen) atoms. The van der Waals surface area contributed by atoms with Crippen molar-refractivity contribution in [1.82, 2.24) is 15.1 Å². The summed E-state index contributed by atoms with van der Waals surface area (Å²) in [7, 11) is 3.92. The quantitative estimate of drug-likeness (QED) is 0.794. The first kappa shape index (κ1) is 15.8. The topological polar surface area (TPSA) is 72.9 Å². The van der Waals surface area contributed by atoms with Crippen LogP contribution < -0.4 is 5.32 Å². The summed E-state index contributed by atoms with van der Waals surface area (Å²) >= 11 is 0. The number of likely N-dealkylation sites (N-methyl/N-ethyl adjacent to an activating group) is 1. The molecule has 0 aromatic carbocycles. The highest BCUT2D eigenvalue weighted by Crippen LogP contribution is 2.30. The molecule has 6 nitrogen and oxygen atoms in total. The Morgan fingerprint density at radius 3 is 2.32 bits per heavy atom. The van der Waals surface area contributed by atoms with Crippen LogP contribution in [0.3, 0.4) is 0 Å². The van der Waals surface area contributed by atoms with Crippen molar-refractivity contribution >= 4 is 12.0 Å². The van der Waals surface area contributed by atoms with E-state index in [-0.39, 0.29) is 12.1 Å². The minimum Gasteiger partial charge on any atom is -0.481 e. The molecular weight excluding hydrogens is 246 g/mol. The van der Waals surface area contributed by atoms with Crippen molar-refractivity contribution in [2.24, 2.45) is 5.41 Å². The number of rotatable bonds is 4. The lowest BCUT2D eigenvalue weighted by Gasteiger charge is -2.37. The SMILES string of the molecule is CC(CN(C)C)NC(=O)N1CCC(C)(C(=O)O)CC1. The largest absolute Gasteiger partial charge is 0.481 e. The molecule has 0 radical (unpaired) electrons. The number of nitrogens with zero attached hydrogens (tertiary/aromatic N) is 2. The Hall–Kier alpha value is -1.30. The second-order valence-corrected chi connectivity index (χ2v) is 5.97. The second-order valence-electron chi connectivity index (χ2n) is 5.97. The molecule has 0 aliphatic carbocycles. The average Bonchev–Trinajstić information content (AvgIpc) is 2.28. The molecule has 6 heteroatoms. The summed E-state index contributed by atoms with van der Waals surface area (Å²) in [4.78, 5) is 26.9. The third-order valence-electron chi connectivity index (χ3n) is 3.68. The third kappa shape index (κ3) is 4.38. The van der Waals surface area contributed by atoms with Gasteiger partial charge in [0.1, 0.15) is 0 Å². The van der Waals surface area contributed by atoms with E-state index >= 15 is 0 Å². The number of carbonyl (C=O) groups excluding carboxylic acids is 1. The van der Waals surface area contributed by atoms with Crippen molar-refractivity contribution in [2.75, 3.05) is 33.7 Å². The molecule has 0 saturated carbocycles. The number of piperidine rings is 1. The molecule has 1 unspecified atom stereocenters. The molecule has 1 rings (SSSR count). The third-order valence-corrected chi connectivity index (χ3v) is 3.68. The predicted molar refractivity (Wildman–Crippen MR) is 73.1 cm³/mol. The fourth-order valence-electron chi connectivity index (χ4n) is 2.31. The number of amides is 2. The molecule has 1 aliphatic rings. The number of nitrogens with one attached hydrogen (secondary N) is 1. The molecule has 1 atom stereocenters. The molecular formula is C13H25N3O3. The van der Waals surface area contributed by atoms with Crippen LogP contribution in [0.5, 0.6) is 0 Å². The van der Waals surface area contributed by atoms with Crippen LogP contribution in [0.25, 0.3) is 0 Å². The zero-order chi connectivity index (χ0) is 14.6. The van der Waals surface area contributed by atoms with Gasteiger partial charge in [0, 0.05) is 25.7 Å². The van der Waals surface area contributed by atoms with E-state index in [9.17, 15) is 9.59 Å². The Bertz CT molecular complexity index is 336. The summed E-state index contributed by atoms with van der Waals surface area (Å²) in [6.07, 6.45) is 1.02. The van der Waals surface area contributed by atoms with E-state index in [0.717, 1.165) is 6.54 Å². The van der Waals surface area contributed by atoms with Gasteiger partial charge in [-0.15, -0.1) is 0 Å². The molecule has 0 spiro atoms. The van der Waals surface area contributed by atoms with Gasteiger partial charge in [-0.3, -0.25) is 4.79 Å². The highest BCUT2D eigenvalue weighted by Gasteiger charge is 2.38. The maximum Gasteiger partial charge on any atom is 0.317 e. The Morgan fingerprint density at radius 2 is 1.89 bits per heavy atom. The predicted octanol–water partition coefficient (Wildman–Crippen LogP) is 0.833. The molecule has 0 aromatic rings. The summed E-state index contributed by atoms with van der Waals surface area (Å²) in [5, 5.41) is 12.1. The van der Waals surface area contributed by atoms with Crippen LogP contribution in [-0.4, -0.2) is 66.7 Å². The van der Waals surface area contributed by atoms with Gasteiger partial charge in [0.15, 0.2) is 0 Å². The number of aliphatic carboxylic acids is 1. The Balaban J connectivity index is 2.43. The Morgan fingerprint density at radius 1 is 1.37 bits per heavy atom. The van der Waals surface area contributed by atoms with Crippen molar-refractivity contribution in [2.45, 2.75) is 32.7 Å². The van der Waals surface area contributed by atoms with Crippen LogP contribution in [0.2, 0.25) is 0 Å². The highest BCUT2D eigenvalue weighted by molar-refractivity contribution is 5.77. The number of carbonyl (C=O) groups is 2. The van der Waals surface area contributed by atoms with E-state index in [0.29, 0.717) is 25.9 Å². The van der Waals surface area contributed by atoms with Crippen LogP contribution in [0.4, 0.5) is 4.79 Å². The lowest BCUT2D eigenvalue weighted by atomic mass is 9.80. The summed E-state index contributed by atoms with van der Waals surface area (Å²) in [5.74, 6) is -0.770.